The summed E-state index contributed by atoms with van der Waals surface area (Å²) in [7, 11) is -2.56. The molecule has 0 fully saturated rings. The fraction of sp³-hybridized carbons (Fsp3) is 0.125. The number of aromatic nitrogens is 2. The van der Waals surface area contributed by atoms with Crippen LogP contribution in [0, 0.1) is 0 Å². The van der Waals surface area contributed by atoms with Crippen LogP contribution in [0.25, 0.3) is 0 Å². The van der Waals surface area contributed by atoms with E-state index in [9.17, 15) is 8.42 Å². The molecule has 0 unspecified atom stereocenters. The maximum atomic E-state index is 12.6. The summed E-state index contributed by atoms with van der Waals surface area (Å²) < 4.78 is 37.7. The van der Waals surface area contributed by atoms with Gasteiger partial charge in [0.05, 0.1) is 19.9 Å². The second kappa shape index (κ2) is 7.63. The van der Waals surface area contributed by atoms with Gasteiger partial charge in [0.1, 0.15) is 22.2 Å². The number of methoxy groups -OCH3 is 1. The SMILES string of the molecule is COc1ccc(Cl)cc1S(=O)(=O)Nc1ccc(NCc2ccco2)nn1. The van der Waals surface area contributed by atoms with Crippen LogP contribution in [-0.2, 0) is 16.6 Å². The van der Waals surface area contributed by atoms with Gasteiger partial charge in [-0.25, -0.2) is 8.42 Å². The molecular formula is C16H15ClN4O4S. The van der Waals surface area contributed by atoms with Gasteiger partial charge in [-0.2, -0.15) is 0 Å². The van der Waals surface area contributed by atoms with Gasteiger partial charge in [0.2, 0.25) is 0 Å². The molecule has 0 amide bonds. The van der Waals surface area contributed by atoms with Crippen LogP contribution in [0.4, 0.5) is 11.6 Å². The molecule has 0 atom stereocenters. The lowest BCUT2D eigenvalue weighted by atomic mass is 10.3. The maximum Gasteiger partial charge on any atom is 0.266 e. The molecule has 2 aromatic heterocycles. The molecule has 8 nitrogen and oxygen atoms in total. The molecule has 10 heteroatoms. The lowest BCUT2D eigenvalue weighted by molar-refractivity contribution is 0.403. The first-order valence-electron chi connectivity index (χ1n) is 7.44. The number of hydrogen-bond donors (Lipinski definition) is 2. The molecule has 2 heterocycles. The Labute approximate surface area is 155 Å². The summed E-state index contributed by atoms with van der Waals surface area (Å²) in [6, 6.07) is 11.0. The molecule has 136 valence electrons. The van der Waals surface area contributed by atoms with Crippen LogP contribution >= 0.6 is 11.6 Å². The Bertz CT molecular complexity index is 976. The molecule has 0 radical (unpaired) electrons. The van der Waals surface area contributed by atoms with Crippen molar-refractivity contribution in [3.05, 3.63) is 59.5 Å². The molecule has 0 aliphatic rings. The molecule has 3 aromatic rings. The minimum absolute atomic E-state index is 0.0653. The first kappa shape index (κ1) is 18.0. The highest BCUT2D eigenvalue weighted by Gasteiger charge is 2.21. The highest BCUT2D eigenvalue weighted by molar-refractivity contribution is 7.92. The van der Waals surface area contributed by atoms with E-state index in [1.807, 2.05) is 6.07 Å². The van der Waals surface area contributed by atoms with Crippen molar-refractivity contribution in [3.8, 4) is 5.75 Å². The summed E-state index contributed by atoms with van der Waals surface area (Å²) >= 11 is 5.89. The number of nitrogens with zero attached hydrogens (tertiary/aromatic N) is 2. The zero-order chi connectivity index (χ0) is 18.6. The maximum absolute atomic E-state index is 12.6. The lowest BCUT2D eigenvalue weighted by Crippen LogP contribution is -2.15. The quantitative estimate of drug-likeness (QED) is 0.633. The van der Waals surface area contributed by atoms with Crippen molar-refractivity contribution < 1.29 is 17.6 Å². The minimum atomic E-state index is -3.94. The number of furan rings is 1. The lowest BCUT2D eigenvalue weighted by Gasteiger charge is -2.11. The van der Waals surface area contributed by atoms with E-state index in [2.05, 4.69) is 20.2 Å². The Morgan fingerprint density at radius 1 is 1.15 bits per heavy atom. The molecular weight excluding hydrogens is 380 g/mol. The average Bonchev–Trinajstić information content (AvgIpc) is 3.14. The molecule has 0 aliphatic carbocycles. The molecule has 0 bridgehead atoms. The number of ether oxygens (including phenoxy) is 1. The third-order valence-electron chi connectivity index (χ3n) is 3.34. The molecule has 26 heavy (non-hydrogen) atoms. The number of halogens is 1. The number of nitrogens with one attached hydrogen (secondary N) is 2. The van der Waals surface area contributed by atoms with Gasteiger partial charge in [-0.05, 0) is 42.5 Å². The van der Waals surface area contributed by atoms with Crippen molar-refractivity contribution >= 4 is 33.3 Å². The zero-order valence-corrected chi connectivity index (χ0v) is 15.2. The van der Waals surface area contributed by atoms with Gasteiger partial charge in [0.15, 0.2) is 5.82 Å². The van der Waals surface area contributed by atoms with Crippen molar-refractivity contribution in [2.24, 2.45) is 0 Å². The van der Waals surface area contributed by atoms with Crippen molar-refractivity contribution in [2.75, 3.05) is 17.1 Å². The fourth-order valence-corrected chi connectivity index (χ4v) is 3.55. The van der Waals surface area contributed by atoms with Gasteiger partial charge in [-0.1, -0.05) is 11.6 Å². The topological polar surface area (TPSA) is 106 Å². The van der Waals surface area contributed by atoms with E-state index < -0.39 is 10.0 Å². The number of sulfonamides is 1. The monoisotopic (exact) mass is 394 g/mol. The van der Waals surface area contributed by atoms with Crippen molar-refractivity contribution in [1.82, 2.24) is 10.2 Å². The summed E-state index contributed by atoms with van der Waals surface area (Å²) in [5.74, 6) is 1.46. The standard InChI is InChI=1S/C16H15ClN4O4S/c1-24-13-5-4-11(17)9-14(13)26(22,23)21-16-7-6-15(19-20-16)18-10-12-3-2-8-25-12/h2-9H,10H2,1H3,(H,18,19)(H,20,21). The van der Waals surface area contributed by atoms with Crippen LogP contribution in [0.2, 0.25) is 5.02 Å². The highest BCUT2D eigenvalue weighted by Crippen LogP contribution is 2.28. The number of rotatable bonds is 7. The first-order chi connectivity index (χ1) is 12.5. The normalized spacial score (nSPS) is 11.2. The second-order valence-corrected chi connectivity index (χ2v) is 7.22. The van der Waals surface area contributed by atoms with E-state index in [-0.39, 0.29) is 21.5 Å². The third-order valence-corrected chi connectivity index (χ3v) is 4.95. The van der Waals surface area contributed by atoms with Gasteiger partial charge in [-0.3, -0.25) is 4.72 Å². The third kappa shape index (κ3) is 4.24. The Balaban J connectivity index is 1.73. The fourth-order valence-electron chi connectivity index (χ4n) is 2.13. The summed E-state index contributed by atoms with van der Waals surface area (Å²) in [5.41, 5.74) is 0. The van der Waals surface area contributed by atoms with E-state index in [0.29, 0.717) is 12.4 Å². The van der Waals surface area contributed by atoms with Crippen molar-refractivity contribution in [1.29, 1.82) is 0 Å². The largest absolute Gasteiger partial charge is 0.495 e. The average molecular weight is 395 g/mol. The first-order valence-corrected chi connectivity index (χ1v) is 9.30. The van der Waals surface area contributed by atoms with Crippen molar-refractivity contribution in [3.63, 3.8) is 0 Å². The van der Waals surface area contributed by atoms with Crippen LogP contribution in [0.1, 0.15) is 5.76 Å². The minimum Gasteiger partial charge on any atom is -0.495 e. The van der Waals surface area contributed by atoms with Crippen LogP contribution in [0.5, 0.6) is 5.75 Å². The molecule has 1 aromatic carbocycles. The van der Waals surface area contributed by atoms with Gasteiger partial charge in [0.25, 0.3) is 10.0 Å². The van der Waals surface area contributed by atoms with E-state index in [0.717, 1.165) is 5.76 Å². The Morgan fingerprint density at radius 3 is 2.58 bits per heavy atom. The zero-order valence-electron chi connectivity index (χ0n) is 13.6. The van der Waals surface area contributed by atoms with Crippen molar-refractivity contribution in [2.45, 2.75) is 11.4 Å². The molecule has 0 spiro atoms. The van der Waals surface area contributed by atoms with Crippen LogP contribution in [0.3, 0.4) is 0 Å². The molecule has 0 saturated carbocycles. The van der Waals surface area contributed by atoms with Gasteiger partial charge < -0.3 is 14.5 Å². The van der Waals surface area contributed by atoms with Crippen LogP contribution < -0.4 is 14.8 Å². The molecule has 0 aliphatic heterocycles. The predicted molar refractivity (Wildman–Crippen MR) is 96.9 cm³/mol. The van der Waals surface area contributed by atoms with Crippen LogP contribution in [-0.4, -0.2) is 25.7 Å². The Kier molecular flexibility index (Phi) is 5.29. The van der Waals surface area contributed by atoms with E-state index in [1.54, 1.807) is 24.5 Å². The van der Waals surface area contributed by atoms with Crippen LogP contribution in [0.15, 0.2) is 58.0 Å². The summed E-state index contributed by atoms with van der Waals surface area (Å²) in [4.78, 5) is -0.0886. The van der Waals surface area contributed by atoms with Gasteiger partial charge in [-0.15, -0.1) is 10.2 Å². The predicted octanol–water partition coefficient (Wildman–Crippen LogP) is 3.14. The second-order valence-electron chi connectivity index (χ2n) is 5.14. The summed E-state index contributed by atoms with van der Waals surface area (Å²) in [6.45, 7) is 0.437. The molecule has 2 N–H and O–H groups in total. The van der Waals surface area contributed by atoms with Gasteiger partial charge in [0, 0.05) is 5.02 Å². The molecule has 3 rings (SSSR count). The highest BCUT2D eigenvalue weighted by atomic mass is 35.5. The smallest absolute Gasteiger partial charge is 0.266 e. The summed E-state index contributed by atoms with van der Waals surface area (Å²) in [6.07, 6.45) is 1.57. The number of benzene rings is 1. The Morgan fingerprint density at radius 2 is 1.92 bits per heavy atom. The van der Waals surface area contributed by atoms with E-state index in [4.69, 9.17) is 20.8 Å². The molecule has 0 saturated heterocycles. The van der Waals surface area contributed by atoms with Gasteiger partial charge >= 0.3 is 0 Å². The van der Waals surface area contributed by atoms with E-state index in [1.165, 1.54) is 25.3 Å². The number of hydrogen-bond acceptors (Lipinski definition) is 7. The summed E-state index contributed by atoms with van der Waals surface area (Å²) in [5, 5.41) is 11.1. The Hall–Kier alpha value is -2.78. The van der Waals surface area contributed by atoms with E-state index >= 15 is 0 Å². The number of anilines is 2.